The van der Waals surface area contributed by atoms with E-state index in [0.717, 1.165) is 5.56 Å². The van der Waals surface area contributed by atoms with Gasteiger partial charge in [-0.15, -0.1) is 0 Å². The van der Waals surface area contributed by atoms with Crippen LogP contribution in [-0.2, 0) is 65.4 Å². The van der Waals surface area contributed by atoms with E-state index in [9.17, 15) is 5.11 Å². The Morgan fingerprint density at radius 1 is 1.07 bits per heavy atom. The third kappa shape index (κ3) is 8.68. The molecule has 74 valence electrons. The van der Waals surface area contributed by atoms with Gasteiger partial charge in [-0.25, -0.2) is 0 Å². The molecule has 0 aliphatic rings. The van der Waals surface area contributed by atoms with Crippen molar-refractivity contribution in [2.45, 2.75) is 26.9 Å². The Morgan fingerprint density at radius 2 is 1.50 bits per heavy atom. The van der Waals surface area contributed by atoms with Crippen LogP contribution < -0.4 is 0 Å². The van der Waals surface area contributed by atoms with Gasteiger partial charge < -0.3 is 5.11 Å². The van der Waals surface area contributed by atoms with Crippen LogP contribution in [0.2, 0.25) is 0 Å². The molecule has 1 atom stereocenters. The van der Waals surface area contributed by atoms with E-state index in [1.54, 1.807) is 6.42 Å². The van der Waals surface area contributed by atoms with Crippen molar-refractivity contribution in [1.29, 1.82) is 0 Å². The topological polar surface area (TPSA) is 20.2 Å². The Morgan fingerprint density at radius 3 is 1.86 bits per heavy atom. The average Bonchev–Trinajstić information content (AvgIpc) is 2.21. The first-order chi connectivity index (χ1) is 5.84. The number of aliphatic hydroxyl groups excluding tert-OH is 1. The summed E-state index contributed by atoms with van der Waals surface area (Å²) in [6, 6.07) is 9.59. The van der Waals surface area contributed by atoms with Crippen molar-refractivity contribution in [3.63, 3.8) is 0 Å². The zero-order chi connectivity index (χ0) is 9.40. The fourth-order valence-electron chi connectivity index (χ4n) is 0.843. The van der Waals surface area contributed by atoms with E-state index in [0.29, 0.717) is 0 Å². The molecule has 0 bridgehead atoms. The van der Waals surface area contributed by atoms with Crippen molar-refractivity contribution in [2.24, 2.45) is 0 Å². The Balaban J connectivity index is -0.000000284. The molecule has 3 heteroatoms. The summed E-state index contributed by atoms with van der Waals surface area (Å²) in [4.78, 5) is 0. The van der Waals surface area contributed by atoms with Crippen LogP contribution in [0.25, 0.3) is 0 Å². The second kappa shape index (κ2) is 14.4. The third-order valence-electron chi connectivity index (χ3n) is 1.46. The van der Waals surface area contributed by atoms with Gasteiger partial charge in [-0.2, -0.15) is 6.92 Å². The zero-order valence-corrected chi connectivity index (χ0v) is 14.8. The van der Waals surface area contributed by atoms with Crippen molar-refractivity contribution in [3.8, 4) is 0 Å². The van der Waals surface area contributed by atoms with Gasteiger partial charge in [0, 0.05) is 65.4 Å². The molecular weight excluding hydrogens is 326 g/mol. The summed E-state index contributed by atoms with van der Waals surface area (Å²) in [6.45, 7) is 5.84. The Kier molecular flexibility index (Phi) is 21.3. The van der Waals surface area contributed by atoms with E-state index < -0.39 is 6.10 Å². The minimum Gasteiger partial charge on any atom is -0.421 e. The largest absolute Gasteiger partial charge is 0.421 e. The van der Waals surface area contributed by atoms with Gasteiger partial charge in [0.05, 0.1) is 0 Å². The first-order valence-electron chi connectivity index (χ1n) is 4.37. The molecule has 1 N–H and O–H groups in total. The molecule has 1 unspecified atom stereocenters. The van der Waals surface area contributed by atoms with E-state index in [1.165, 1.54) is 0 Å². The van der Waals surface area contributed by atoms with Gasteiger partial charge in [0.2, 0.25) is 0 Å². The van der Waals surface area contributed by atoms with Crippen molar-refractivity contribution in [1.82, 2.24) is 0 Å². The number of aliphatic hydroxyl groups is 1. The van der Waals surface area contributed by atoms with Gasteiger partial charge in [-0.3, -0.25) is 6.42 Å². The van der Waals surface area contributed by atoms with Gasteiger partial charge in [-0.1, -0.05) is 49.7 Å². The number of hydrogen-bond acceptors (Lipinski definition) is 1. The van der Waals surface area contributed by atoms with Crippen LogP contribution in [0.1, 0.15) is 32.4 Å². The smallest absolute Gasteiger partial charge is 0 e. The maximum absolute atomic E-state index is 9.27. The first kappa shape index (κ1) is 20.8. The summed E-state index contributed by atoms with van der Waals surface area (Å²) < 4.78 is 0. The predicted octanol–water partition coefficient (Wildman–Crippen LogP) is 2.97. The van der Waals surface area contributed by atoms with Crippen LogP contribution in [0, 0.1) is 6.42 Å². The van der Waals surface area contributed by atoms with Crippen molar-refractivity contribution >= 4 is 0 Å². The number of rotatable bonds is 2. The molecule has 1 rings (SSSR count). The summed E-state index contributed by atoms with van der Waals surface area (Å²) in [5, 5.41) is 9.27. The van der Waals surface area contributed by atoms with E-state index >= 15 is 0 Å². The van der Waals surface area contributed by atoms with Gasteiger partial charge in [0.15, 0.2) is 0 Å². The molecule has 0 fully saturated rings. The zero-order valence-electron chi connectivity index (χ0n) is 9.14. The van der Waals surface area contributed by atoms with E-state index in [1.807, 2.05) is 51.1 Å². The second-order valence-electron chi connectivity index (χ2n) is 2.19. The van der Waals surface area contributed by atoms with E-state index in [4.69, 9.17) is 0 Å². The monoisotopic (exact) mass is 343 g/mol. The van der Waals surface area contributed by atoms with Crippen molar-refractivity contribution < 1.29 is 70.5 Å². The second-order valence-corrected chi connectivity index (χ2v) is 2.19. The summed E-state index contributed by atoms with van der Waals surface area (Å²) in [7, 11) is 0. The third-order valence-corrected chi connectivity index (χ3v) is 1.46. The molecule has 1 aromatic rings. The number of hydrogen-bond donors (Lipinski definition) is 1. The van der Waals surface area contributed by atoms with Crippen molar-refractivity contribution in [2.75, 3.05) is 0 Å². The predicted molar refractivity (Wildman–Crippen MR) is 52.7 cm³/mol. The minimum absolute atomic E-state index is 0. The summed E-state index contributed by atoms with van der Waals surface area (Å²) >= 11 is 0. The van der Waals surface area contributed by atoms with Gasteiger partial charge >= 0.3 is 0 Å². The van der Waals surface area contributed by atoms with Crippen molar-refractivity contribution in [3.05, 3.63) is 42.3 Å². The molecule has 0 heterocycles. The minimum atomic E-state index is -0.416. The number of benzene rings is 1. The SMILES string of the molecule is CC.C[CH-]C(O)c1ccccc1.[Y].[Y]. The molecule has 1 aromatic carbocycles. The van der Waals surface area contributed by atoms with E-state index in [-0.39, 0.29) is 65.4 Å². The van der Waals surface area contributed by atoms with Crippen LogP contribution >= 0.6 is 0 Å². The standard InChI is InChI=1S/C9H11O.C2H6.2Y/c1-2-9(10)8-6-4-3-5-7-8;1-2;;/h2-7,9-10H,1H3;1-2H3;;/q-1;;;. The van der Waals surface area contributed by atoms with Gasteiger partial charge in [0.1, 0.15) is 0 Å². The molecule has 1 nitrogen and oxygen atoms in total. The molecule has 0 amide bonds. The molecule has 0 spiro atoms. The van der Waals surface area contributed by atoms with Crippen LogP contribution in [0.15, 0.2) is 30.3 Å². The molecule has 0 aliphatic heterocycles. The van der Waals surface area contributed by atoms with Crippen LogP contribution in [0.3, 0.4) is 0 Å². The summed E-state index contributed by atoms with van der Waals surface area (Å²) in [5.74, 6) is 0. The average molecular weight is 343 g/mol. The Labute approximate surface area is 138 Å². The van der Waals surface area contributed by atoms with Gasteiger partial charge in [0.25, 0.3) is 0 Å². The summed E-state index contributed by atoms with van der Waals surface area (Å²) in [6.07, 6.45) is 1.34. The molecule has 0 saturated heterocycles. The quantitative estimate of drug-likeness (QED) is 0.819. The van der Waals surface area contributed by atoms with Crippen LogP contribution in [0.5, 0.6) is 0 Å². The Hall–Kier alpha value is 1.39. The van der Waals surface area contributed by atoms with Crippen LogP contribution in [-0.4, -0.2) is 5.11 Å². The van der Waals surface area contributed by atoms with Gasteiger partial charge in [-0.05, 0) is 6.10 Å². The fraction of sp³-hybridized carbons (Fsp3) is 0.364. The van der Waals surface area contributed by atoms with Crippen LogP contribution in [0.4, 0.5) is 0 Å². The molecular formula is C11H17OY2-. The normalized spacial score (nSPS) is 9.71. The molecule has 0 aromatic heterocycles. The molecule has 2 radical (unpaired) electrons. The maximum atomic E-state index is 9.27. The molecule has 14 heavy (non-hydrogen) atoms. The van der Waals surface area contributed by atoms with E-state index in [2.05, 4.69) is 0 Å². The summed E-state index contributed by atoms with van der Waals surface area (Å²) in [5.41, 5.74) is 0.949. The Bertz CT molecular complexity index is 190. The maximum Gasteiger partial charge on any atom is 0 e. The fourth-order valence-corrected chi connectivity index (χ4v) is 0.843. The first-order valence-corrected chi connectivity index (χ1v) is 4.37. The molecule has 0 saturated carbocycles. The molecule has 0 aliphatic carbocycles.